The lowest BCUT2D eigenvalue weighted by atomic mass is 10.3. The Bertz CT molecular complexity index is 1950. The molecular weight excluding hydrogens is 646 g/mol. The molecule has 0 bridgehead atoms. The van der Waals surface area contributed by atoms with Crippen LogP contribution in [0.1, 0.15) is 0 Å². The van der Waals surface area contributed by atoms with Gasteiger partial charge >= 0.3 is 0 Å². The lowest BCUT2D eigenvalue weighted by Crippen LogP contribution is -2.03. The minimum Gasteiger partial charge on any atom is -0.324 e. The lowest BCUT2D eigenvalue weighted by Gasteiger charge is -2.09. The minimum atomic E-state index is -4.28. The van der Waals surface area contributed by atoms with Gasteiger partial charge in [0.25, 0.3) is 20.2 Å². The molecule has 228 valence electrons. The molecule has 0 atom stereocenters. The van der Waals surface area contributed by atoms with E-state index in [1.54, 1.807) is 48.5 Å². The van der Waals surface area contributed by atoms with E-state index < -0.39 is 20.2 Å². The number of halogens is 1. The van der Waals surface area contributed by atoms with Crippen LogP contribution in [-0.4, -0.2) is 40.9 Å². The van der Waals surface area contributed by atoms with Crippen molar-refractivity contribution in [2.24, 2.45) is 20.5 Å². The number of azo groups is 2. The van der Waals surface area contributed by atoms with Crippen LogP contribution < -0.4 is 10.6 Å². The second-order valence-corrected chi connectivity index (χ2v) is 12.1. The van der Waals surface area contributed by atoms with Crippen LogP contribution in [0.5, 0.6) is 0 Å². The third-order valence-electron chi connectivity index (χ3n) is 5.69. The number of aromatic nitrogens is 3. The summed E-state index contributed by atoms with van der Waals surface area (Å²) in [6.07, 6.45) is 0. The maximum absolute atomic E-state index is 11.2. The van der Waals surface area contributed by atoms with Crippen LogP contribution in [0.15, 0.2) is 127 Å². The number of nitrogens with one attached hydrogen (secondary N) is 2. The molecule has 18 heteroatoms. The molecular formula is C27H20ClN9O6S2. The maximum atomic E-state index is 11.2. The first-order valence-electron chi connectivity index (χ1n) is 12.6. The Balaban J connectivity index is 1.19. The van der Waals surface area contributed by atoms with E-state index in [1.807, 2.05) is 0 Å². The van der Waals surface area contributed by atoms with Crippen LogP contribution in [-0.2, 0) is 20.2 Å². The van der Waals surface area contributed by atoms with Gasteiger partial charge in [-0.2, -0.15) is 52.2 Å². The zero-order valence-corrected chi connectivity index (χ0v) is 25.0. The average Bonchev–Trinajstić information content (AvgIpc) is 3.00. The number of benzene rings is 4. The molecule has 0 aliphatic heterocycles. The Hall–Kier alpha value is -5.20. The summed E-state index contributed by atoms with van der Waals surface area (Å²) in [7, 11) is -8.57. The van der Waals surface area contributed by atoms with Crippen molar-refractivity contribution in [3.8, 4) is 0 Å². The van der Waals surface area contributed by atoms with Gasteiger partial charge in [-0.1, -0.05) is 0 Å². The summed E-state index contributed by atoms with van der Waals surface area (Å²) in [5, 5.41) is 22.3. The molecule has 4 aromatic carbocycles. The van der Waals surface area contributed by atoms with Gasteiger partial charge in [-0.3, -0.25) is 9.11 Å². The van der Waals surface area contributed by atoms with Gasteiger partial charge in [0, 0.05) is 11.4 Å². The maximum Gasteiger partial charge on any atom is 0.294 e. The molecule has 0 amide bonds. The number of anilines is 4. The van der Waals surface area contributed by atoms with E-state index in [0.717, 1.165) is 0 Å². The molecule has 4 N–H and O–H groups in total. The Morgan fingerprint density at radius 2 is 0.778 bits per heavy atom. The number of rotatable bonds is 10. The van der Waals surface area contributed by atoms with E-state index >= 15 is 0 Å². The molecule has 0 aliphatic rings. The molecule has 0 aliphatic carbocycles. The first-order valence-corrected chi connectivity index (χ1v) is 15.8. The normalized spacial score (nSPS) is 12.1. The first-order chi connectivity index (χ1) is 21.4. The highest BCUT2D eigenvalue weighted by atomic mass is 35.5. The Morgan fingerprint density at radius 1 is 0.489 bits per heavy atom. The molecule has 5 aromatic rings. The molecule has 1 aromatic heterocycles. The van der Waals surface area contributed by atoms with Crippen LogP contribution in [0.25, 0.3) is 0 Å². The largest absolute Gasteiger partial charge is 0.324 e. The van der Waals surface area contributed by atoms with Gasteiger partial charge in [-0.25, -0.2) is 0 Å². The summed E-state index contributed by atoms with van der Waals surface area (Å²) in [4.78, 5) is 12.0. The quantitative estimate of drug-likeness (QED) is 0.0853. The van der Waals surface area contributed by atoms with Gasteiger partial charge in [-0.05, 0) is 109 Å². The Labute approximate surface area is 261 Å². The third kappa shape index (κ3) is 8.91. The van der Waals surface area contributed by atoms with Crippen molar-refractivity contribution >= 4 is 77.9 Å². The van der Waals surface area contributed by atoms with Crippen LogP contribution >= 0.6 is 11.6 Å². The van der Waals surface area contributed by atoms with E-state index in [-0.39, 0.29) is 27.0 Å². The SMILES string of the molecule is O=S(=O)(O)c1ccc(N=Nc2ccc(Nc3nc(Cl)nc(Nc4ccc(N=Nc5ccc(S(=O)(=O)O)cc5)cc4)n3)cc2)cc1. The standard InChI is InChI=1S/C27H20ClN9O6S2/c28-25-31-26(29-17-1-5-19(6-2-17)34-36-21-9-13-23(14-10-21)44(38,39)40)33-27(32-25)30-18-3-7-20(8-4-18)35-37-22-11-15-24(16-12-22)45(41,42)43/h1-16H,(H,38,39,40)(H,41,42,43)(H2,29,30,31,32,33). The highest BCUT2D eigenvalue weighted by Crippen LogP contribution is 2.25. The van der Waals surface area contributed by atoms with Crippen LogP contribution in [0.2, 0.25) is 5.28 Å². The van der Waals surface area contributed by atoms with Gasteiger partial charge in [0.05, 0.1) is 32.5 Å². The van der Waals surface area contributed by atoms with E-state index in [9.17, 15) is 16.8 Å². The molecule has 1 heterocycles. The molecule has 15 nitrogen and oxygen atoms in total. The second-order valence-electron chi connectivity index (χ2n) is 8.93. The summed E-state index contributed by atoms with van der Waals surface area (Å²) in [6, 6.07) is 24.2. The zero-order chi connectivity index (χ0) is 32.0. The summed E-state index contributed by atoms with van der Waals surface area (Å²) in [5.41, 5.74) is 3.09. The number of hydrogen-bond donors (Lipinski definition) is 4. The zero-order valence-electron chi connectivity index (χ0n) is 22.6. The molecule has 45 heavy (non-hydrogen) atoms. The van der Waals surface area contributed by atoms with Crippen molar-refractivity contribution in [2.45, 2.75) is 9.79 Å². The van der Waals surface area contributed by atoms with Crippen molar-refractivity contribution in [3.05, 3.63) is 102 Å². The van der Waals surface area contributed by atoms with Crippen molar-refractivity contribution < 1.29 is 25.9 Å². The number of hydrogen-bond acceptors (Lipinski definition) is 13. The molecule has 0 saturated carbocycles. The van der Waals surface area contributed by atoms with E-state index in [4.69, 9.17) is 20.7 Å². The third-order valence-corrected chi connectivity index (χ3v) is 7.59. The number of nitrogens with zero attached hydrogens (tertiary/aromatic N) is 7. The lowest BCUT2D eigenvalue weighted by molar-refractivity contribution is 0.481. The minimum absolute atomic E-state index is 0.0501. The van der Waals surface area contributed by atoms with Gasteiger partial charge < -0.3 is 10.6 Å². The van der Waals surface area contributed by atoms with Crippen LogP contribution in [0.3, 0.4) is 0 Å². The van der Waals surface area contributed by atoms with E-state index in [1.165, 1.54) is 48.5 Å². The van der Waals surface area contributed by atoms with Crippen LogP contribution in [0, 0.1) is 0 Å². The topological polar surface area (TPSA) is 221 Å². The van der Waals surface area contributed by atoms with E-state index in [2.05, 4.69) is 46.0 Å². The van der Waals surface area contributed by atoms with Gasteiger partial charge in [0.15, 0.2) is 0 Å². The Morgan fingerprint density at radius 3 is 1.07 bits per heavy atom. The molecule has 5 rings (SSSR count). The molecule has 0 unspecified atom stereocenters. The highest BCUT2D eigenvalue weighted by Gasteiger charge is 2.10. The summed E-state index contributed by atoms with van der Waals surface area (Å²) in [6.45, 7) is 0. The highest BCUT2D eigenvalue weighted by molar-refractivity contribution is 7.86. The summed E-state index contributed by atoms with van der Waals surface area (Å²) < 4.78 is 62.7. The van der Waals surface area contributed by atoms with Crippen molar-refractivity contribution in [2.75, 3.05) is 10.6 Å². The van der Waals surface area contributed by atoms with Crippen molar-refractivity contribution in [1.82, 2.24) is 15.0 Å². The molecule has 0 spiro atoms. The summed E-state index contributed by atoms with van der Waals surface area (Å²) in [5.74, 6) is 0.354. The predicted octanol–water partition coefficient (Wildman–Crippen LogP) is 7.34. The van der Waals surface area contributed by atoms with Crippen molar-refractivity contribution in [1.29, 1.82) is 0 Å². The molecule has 0 fully saturated rings. The van der Waals surface area contributed by atoms with Crippen molar-refractivity contribution in [3.63, 3.8) is 0 Å². The first kappa shape index (κ1) is 31.2. The Kier molecular flexibility index (Phi) is 9.16. The van der Waals surface area contributed by atoms with Gasteiger partial charge in [0.1, 0.15) is 0 Å². The molecule has 0 radical (unpaired) electrons. The monoisotopic (exact) mass is 665 g/mol. The van der Waals surface area contributed by atoms with Crippen LogP contribution in [0.4, 0.5) is 46.0 Å². The van der Waals surface area contributed by atoms with E-state index in [0.29, 0.717) is 34.1 Å². The smallest absolute Gasteiger partial charge is 0.294 e. The fourth-order valence-electron chi connectivity index (χ4n) is 3.54. The predicted molar refractivity (Wildman–Crippen MR) is 165 cm³/mol. The second kappa shape index (κ2) is 13.2. The van der Waals surface area contributed by atoms with Gasteiger partial charge in [-0.15, -0.1) is 0 Å². The fraction of sp³-hybridized carbons (Fsp3) is 0. The molecule has 0 saturated heterocycles. The summed E-state index contributed by atoms with van der Waals surface area (Å²) >= 11 is 6.11. The average molecular weight is 666 g/mol. The fourth-order valence-corrected chi connectivity index (χ4v) is 4.66. The van der Waals surface area contributed by atoms with Gasteiger partial charge in [0.2, 0.25) is 17.2 Å².